The van der Waals surface area contributed by atoms with Crippen molar-refractivity contribution in [1.82, 2.24) is 19.7 Å². The summed E-state index contributed by atoms with van der Waals surface area (Å²) < 4.78 is 1.71. The maximum atomic E-state index is 9.46. The minimum absolute atomic E-state index is 0.256. The van der Waals surface area contributed by atoms with Crippen LogP contribution in [-0.2, 0) is 7.05 Å². The van der Waals surface area contributed by atoms with E-state index in [1.165, 1.54) is 6.33 Å². The molecule has 0 saturated heterocycles. The van der Waals surface area contributed by atoms with E-state index in [1.807, 2.05) is 20.2 Å². The fraction of sp³-hybridized carbons (Fsp3) is 0.545. The van der Waals surface area contributed by atoms with Gasteiger partial charge in [-0.3, -0.25) is 4.68 Å². The third-order valence-corrected chi connectivity index (χ3v) is 2.67. The highest BCUT2D eigenvalue weighted by atomic mass is 16.3. The molecule has 2 aromatic heterocycles. The van der Waals surface area contributed by atoms with Gasteiger partial charge in [0.2, 0.25) is 0 Å². The molecule has 2 aromatic rings. The van der Waals surface area contributed by atoms with Gasteiger partial charge in [0.05, 0.1) is 11.5 Å². The first kappa shape index (κ1) is 11.8. The van der Waals surface area contributed by atoms with Crippen molar-refractivity contribution in [3.63, 3.8) is 0 Å². The van der Waals surface area contributed by atoms with Crippen molar-refractivity contribution >= 4 is 16.9 Å². The number of aliphatic hydroxyl groups is 1. The number of hydrogen-bond acceptors (Lipinski definition) is 5. The third-order valence-electron chi connectivity index (χ3n) is 2.67. The number of anilines is 1. The number of nitrogens with one attached hydrogen (secondary N) is 1. The van der Waals surface area contributed by atoms with Crippen LogP contribution in [0.25, 0.3) is 11.0 Å². The zero-order valence-electron chi connectivity index (χ0n) is 10.1. The van der Waals surface area contributed by atoms with Gasteiger partial charge in [-0.1, -0.05) is 6.92 Å². The molecule has 2 rings (SSSR count). The Bertz CT molecular complexity index is 496. The van der Waals surface area contributed by atoms with E-state index in [-0.39, 0.29) is 6.10 Å². The normalized spacial score (nSPS) is 12.9. The summed E-state index contributed by atoms with van der Waals surface area (Å²) in [6.45, 7) is 2.66. The molecule has 0 aliphatic carbocycles. The quantitative estimate of drug-likeness (QED) is 0.806. The Morgan fingerprint density at radius 1 is 1.47 bits per heavy atom. The van der Waals surface area contributed by atoms with Crippen molar-refractivity contribution in [3.05, 3.63) is 12.5 Å². The summed E-state index contributed by atoms with van der Waals surface area (Å²) in [4.78, 5) is 8.28. The van der Waals surface area contributed by atoms with Gasteiger partial charge in [0.25, 0.3) is 0 Å². The van der Waals surface area contributed by atoms with Crippen LogP contribution in [0.4, 0.5) is 5.82 Å². The molecule has 2 N–H and O–H groups in total. The average Bonchev–Trinajstić information content (AvgIpc) is 2.70. The molecular formula is C11H17N5O. The smallest absolute Gasteiger partial charge is 0.186 e. The molecule has 17 heavy (non-hydrogen) atoms. The van der Waals surface area contributed by atoms with Gasteiger partial charge in [0.15, 0.2) is 5.65 Å². The van der Waals surface area contributed by atoms with E-state index in [4.69, 9.17) is 0 Å². The van der Waals surface area contributed by atoms with Crippen LogP contribution in [0, 0.1) is 0 Å². The SMILES string of the molecule is CCC(O)CCNc1ncnc2nn(C)cc12. The van der Waals surface area contributed by atoms with E-state index in [9.17, 15) is 5.11 Å². The van der Waals surface area contributed by atoms with E-state index in [1.54, 1.807) is 4.68 Å². The molecule has 0 aliphatic rings. The molecule has 0 saturated carbocycles. The zero-order valence-corrected chi connectivity index (χ0v) is 10.1. The summed E-state index contributed by atoms with van der Waals surface area (Å²) in [5, 5.41) is 17.8. The van der Waals surface area contributed by atoms with Gasteiger partial charge < -0.3 is 10.4 Å². The third kappa shape index (κ3) is 2.71. The van der Waals surface area contributed by atoms with Gasteiger partial charge in [-0.2, -0.15) is 5.10 Å². The first-order chi connectivity index (χ1) is 8.20. The van der Waals surface area contributed by atoms with Gasteiger partial charge in [0.1, 0.15) is 12.1 Å². The molecule has 0 amide bonds. The molecule has 0 bridgehead atoms. The fourth-order valence-electron chi connectivity index (χ4n) is 1.65. The molecule has 6 nitrogen and oxygen atoms in total. The lowest BCUT2D eigenvalue weighted by molar-refractivity contribution is 0.164. The van der Waals surface area contributed by atoms with Gasteiger partial charge in [-0.05, 0) is 12.8 Å². The number of aryl methyl sites for hydroxylation is 1. The lowest BCUT2D eigenvalue weighted by atomic mass is 10.2. The lowest BCUT2D eigenvalue weighted by Crippen LogP contribution is -2.13. The second-order valence-corrected chi connectivity index (χ2v) is 4.04. The molecule has 6 heteroatoms. The van der Waals surface area contributed by atoms with Crippen LogP contribution in [0.3, 0.4) is 0 Å². The molecular weight excluding hydrogens is 218 g/mol. The van der Waals surface area contributed by atoms with Crippen molar-refractivity contribution in [2.75, 3.05) is 11.9 Å². The van der Waals surface area contributed by atoms with E-state index < -0.39 is 0 Å². The maximum Gasteiger partial charge on any atom is 0.186 e. The predicted octanol–water partition coefficient (Wildman–Crippen LogP) is 0.936. The first-order valence-corrected chi connectivity index (χ1v) is 5.77. The highest BCUT2D eigenvalue weighted by molar-refractivity contribution is 5.85. The van der Waals surface area contributed by atoms with Gasteiger partial charge in [-0.25, -0.2) is 9.97 Å². The maximum absolute atomic E-state index is 9.46. The number of rotatable bonds is 5. The topological polar surface area (TPSA) is 75.9 Å². The monoisotopic (exact) mass is 235 g/mol. The van der Waals surface area contributed by atoms with Crippen molar-refractivity contribution < 1.29 is 5.11 Å². The Labute approximate surface area is 99.7 Å². The molecule has 2 heterocycles. The molecule has 92 valence electrons. The Morgan fingerprint density at radius 2 is 2.29 bits per heavy atom. The van der Waals surface area contributed by atoms with Crippen LogP contribution in [-0.4, -0.2) is 37.5 Å². The summed E-state index contributed by atoms with van der Waals surface area (Å²) >= 11 is 0. The second-order valence-electron chi connectivity index (χ2n) is 4.04. The number of aromatic nitrogens is 4. The predicted molar refractivity (Wildman–Crippen MR) is 65.7 cm³/mol. The van der Waals surface area contributed by atoms with E-state index >= 15 is 0 Å². The van der Waals surface area contributed by atoms with Crippen molar-refractivity contribution in [1.29, 1.82) is 0 Å². The Kier molecular flexibility index (Phi) is 3.53. The first-order valence-electron chi connectivity index (χ1n) is 5.77. The van der Waals surface area contributed by atoms with Crippen LogP contribution < -0.4 is 5.32 Å². The van der Waals surface area contributed by atoms with Gasteiger partial charge in [-0.15, -0.1) is 0 Å². The Balaban J connectivity index is 2.08. The van der Waals surface area contributed by atoms with E-state index in [0.29, 0.717) is 18.6 Å². The van der Waals surface area contributed by atoms with Gasteiger partial charge >= 0.3 is 0 Å². The van der Waals surface area contributed by atoms with Crippen LogP contribution in [0.2, 0.25) is 0 Å². The Hall–Kier alpha value is -1.69. The van der Waals surface area contributed by atoms with Crippen LogP contribution >= 0.6 is 0 Å². The van der Waals surface area contributed by atoms with Gasteiger partial charge in [0, 0.05) is 19.8 Å². The van der Waals surface area contributed by atoms with Crippen molar-refractivity contribution in [3.8, 4) is 0 Å². The highest BCUT2D eigenvalue weighted by Gasteiger charge is 2.07. The Morgan fingerprint density at radius 3 is 3.06 bits per heavy atom. The molecule has 0 spiro atoms. The molecule has 0 aliphatic heterocycles. The average molecular weight is 235 g/mol. The summed E-state index contributed by atoms with van der Waals surface area (Å²) in [5.41, 5.74) is 0.682. The molecule has 0 aromatic carbocycles. The number of fused-ring (bicyclic) bond motifs is 1. The number of aliphatic hydroxyl groups excluding tert-OH is 1. The van der Waals surface area contributed by atoms with E-state index in [2.05, 4.69) is 20.4 Å². The largest absolute Gasteiger partial charge is 0.393 e. The number of hydrogen-bond donors (Lipinski definition) is 2. The fourth-order valence-corrected chi connectivity index (χ4v) is 1.65. The second kappa shape index (κ2) is 5.09. The van der Waals surface area contributed by atoms with Crippen molar-refractivity contribution in [2.24, 2.45) is 7.05 Å². The summed E-state index contributed by atoms with van der Waals surface area (Å²) in [6.07, 6.45) is 4.60. The summed E-state index contributed by atoms with van der Waals surface area (Å²) in [6, 6.07) is 0. The molecule has 0 radical (unpaired) electrons. The van der Waals surface area contributed by atoms with Crippen LogP contribution in [0.5, 0.6) is 0 Å². The molecule has 1 unspecified atom stereocenters. The lowest BCUT2D eigenvalue weighted by Gasteiger charge is -2.09. The van der Waals surface area contributed by atoms with Crippen LogP contribution in [0.1, 0.15) is 19.8 Å². The minimum Gasteiger partial charge on any atom is -0.393 e. The van der Waals surface area contributed by atoms with Crippen LogP contribution in [0.15, 0.2) is 12.5 Å². The number of nitrogens with zero attached hydrogens (tertiary/aromatic N) is 4. The molecule has 0 fully saturated rings. The minimum atomic E-state index is -0.256. The zero-order chi connectivity index (χ0) is 12.3. The summed E-state index contributed by atoms with van der Waals surface area (Å²) in [5.74, 6) is 0.770. The highest BCUT2D eigenvalue weighted by Crippen LogP contribution is 2.17. The molecule has 1 atom stereocenters. The summed E-state index contributed by atoms with van der Waals surface area (Å²) in [7, 11) is 1.85. The van der Waals surface area contributed by atoms with E-state index in [0.717, 1.165) is 17.6 Å². The standard InChI is InChI=1S/C11H17N5O/c1-3-8(17)4-5-12-10-9-6-16(2)15-11(9)14-7-13-10/h6-8,17H,3-5H2,1-2H3,(H,12,13,14,15). The van der Waals surface area contributed by atoms with Crippen molar-refractivity contribution in [2.45, 2.75) is 25.9 Å².